The van der Waals surface area contributed by atoms with Gasteiger partial charge in [0, 0.05) is 30.6 Å². The number of carbonyl (C=O) groups is 1. The lowest BCUT2D eigenvalue weighted by Gasteiger charge is -2.34. The van der Waals surface area contributed by atoms with Crippen molar-refractivity contribution in [3.05, 3.63) is 94.2 Å². The Morgan fingerprint density at radius 2 is 1.82 bits per heavy atom. The van der Waals surface area contributed by atoms with Crippen LogP contribution in [0.3, 0.4) is 0 Å². The number of alkyl halides is 3. The average molecular weight is 454 g/mol. The summed E-state index contributed by atoms with van der Waals surface area (Å²) in [5, 5.41) is 2.53. The van der Waals surface area contributed by atoms with Crippen LogP contribution in [0.2, 0.25) is 0 Å². The van der Waals surface area contributed by atoms with E-state index in [-0.39, 0.29) is 11.2 Å². The van der Waals surface area contributed by atoms with Crippen LogP contribution in [0.15, 0.2) is 71.8 Å². The first-order chi connectivity index (χ1) is 15.8. The Morgan fingerprint density at radius 3 is 2.52 bits per heavy atom. The van der Waals surface area contributed by atoms with Gasteiger partial charge in [0.1, 0.15) is 0 Å². The molecule has 7 nitrogen and oxygen atoms in total. The number of nitrogens with zero attached hydrogens (tertiary/aromatic N) is 2. The van der Waals surface area contributed by atoms with Crippen molar-refractivity contribution in [2.75, 3.05) is 7.11 Å². The normalized spacial score (nSPS) is 16.8. The number of nitrogens with one attached hydrogen (secondary N) is 2. The number of methoxy groups -OCH3 is 1. The van der Waals surface area contributed by atoms with E-state index in [0.29, 0.717) is 22.5 Å². The van der Waals surface area contributed by atoms with Crippen molar-refractivity contribution in [2.24, 2.45) is 0 Å². The summed E-state index contributed by atoms with van der Waals surface area (Å²) < 4.78 is 49.5. The van der Waals surface area contributed by atoms with E-state index in [1.807, 2.05) is 0 Å². The van der Waals surface area contributed by atoms with Gasteiger partial charge in [-0.25, -0.2) is 4.98 Å². The van der Waals surface area contributed by atoms with Crippen molar-refractivity contribution < 1.29 is 22.7 Å². The first-order valence-corrected chi connectivity index (χ1v) is 9.96. The summed E-state index contributed by atoms with van der Waals surface area (Å²) in [6.07, 6.45) is -2.12. The maximum Gasteiger partial charge on any atom is 0.430 e. The third-order valence-corrected chi connectivity index (χ3v) is 5.89. The fourth-order valence-corrected chi connectivity index (χ4v) is 4.43. The maximum atomic E-state index is 14.4. The molecule has 168 valence electrons. The van der Waals surface area contributed by atoms with Crippen LogP contribution < -0.4 is 10.9 Å². The van der Waals surface area contributed by atoms with Crippen LogP contribution in [0.4, 0.5) is 13.2 Å². The summed E-state index contributed by atoms with van der Waals surface area (Å²) in [5.41, 5.74) is -2.03. The van der Waals surface area contributed by atoms with Crippen LogP contribution in [0.5, 0.6) is 0 Å². The first-order valence-electron chi connectivity index (χ1n) is 9.96. The Labute approximate surface area is 184 Å². The lowest BCUT2D eigenvalue weighted by Crippen LogP contribution is -2.56. The minimum Gasteiger partial charge on any atom is -0.356 e. The zero-order valence-electron chi connectivity index (χ0n) is 17.2. The largest absolute Gasteiger partial charge is 0.430 e. The molecule has 5 rings (SSSR count). The van der Waals surface area contributed by atoms with E-state index in [4.69, 9.17) is 4.74 Å². The predicted molar refractivity (Wildman–Crippen MR) is 112 cm³/mol. The number of H-pyrrole nitrogens is 1. The number of hydrogen-bond acceptors (Lipinski definition) is 4. The number of ether oxygens (including phenoxy) is 1. The number of aromatic nitrogens is 3. The molecule has 2 atom stereocenters. The highest BCUT2D eigenvalue weighted by atomic mass is 19.4. The van der Waals surface area contributed by atoms with Crippen molar-refractivity contribution in [2.45, 2.75) is 17.8 Å². The van der Waals surface area contributed by atoms with Gasteiger partial charge < -0.3 is 15.0 Å². The summed E-state index contributed by atoms with van der Waals surface area (Å²) in [4.78, 5) is 32.6. The van der Waals surface area contributed by atoms with Crippen LogP contribution in [-0.2, 0) is 15.1 Å². The van der Waals surface area contributed by atoms with Crippen LogP contribution in [0.25, 0.3) is 16.9 Å². The third-order valence-electron chi connectivity index (χ3n) is 5.89. The summed E-state index contributed by atoms with van der Waals surface area (Å²) in [5.74, 6) is -1.38. The Hall–Kier alpha value is -3.92. The van der Waals surface area contributed by atoms with Gasteiger partial charge in [-0.2, -0.15) is 13.2 Å². The van der Waals surface area contributed by atoms with Gasteiger partial charge >= 0.3 is 6.18 Å². The summed E-state index contributed by atoms with van der Waals surface area (Å²) in [6.45, 7) is 0. The number of fused-ring (bicyclic) bond motifs is 5. The zero-order chi connectivity index (χ0) is 23.4. The van der Waals surface area contributed by atoms with E-state index >= 15 is 0 Å². The molecule has 10 heteroatoms. The average Bonchev–Trinajstić information content (AvgIpc) is 3.39. The predicted octanol–water partition coefficient (Wildman–Crippen LogP) is 3.31. The van der Waals surface area contributed by atoms with Crippen molar-refractivity contribution in [3.63, 3.8) is 0 Å². The summed E-state index contributed by atoms with van der Waals surface area (Å²) in [7, 11) is 0.849. The fourth-order valence-electron chi connectivity index (χ4n) is 4.43. The Kier molecular flexibility index (Phi) is 4.64. The monoisotopic (exact) mass is 454 g/mol. The van der Waals surface area contributed by atoms with Gasteiger partial charge in [0.15, 0.2) is 0 Å². The van der Waals surface area contributed by atoms with E-state index < -0.39 is 29.3 Å². The van der Waals surface area contributed by atoms with E-state index in [1.54, 1.807) is 30.3 Å². The van der Waals surface area contributed by atoms with Gasteiger partial charge in [-0.15, -0.1) is 0 Å². The number of amides is 1. The molecule has 2 aromatic carbocycles. The number of halogens is 3. The highest BCUT2D eigenvalue weighted by molar-refractivity contribution is 5.90. The van der Waals surface area contributed by atoms with Gasteiger partial charge in [0.2, 0.25) is 5.65 Å². The molecule has 1 amide bonds. The molecule has 0 fully saturated rings. The number of carbonyl (C=O) groups excluding carboxylic acids is 1. The van der Waals surface area contributed by atoms with Crippen LogP contribution in [-0.4, -0.2) is 33.6 Å². The molecule has 0 saturated heterocycles. The molecular weight excluding hydrogens is 437 g/mol. The van der Waals surface area contributed by atoms with Crippen molar-refractivity contribution in [1.82, 2.24) is 19.7 Å². The number of hydrogen-bond donors (Lipinski definition) is 2. The molecule has 2 heterocycles. The summed E-state index contributed by atoms with van der Waals surface area (Å²) in [6, 6.07) is 12.6. The van der Waals surface area contributed by atoms with Gasteiger partial charge in [-0.05, 0) is 5.56 Å². The quantitative estimate of drug-likeness (QED) is 0.495. The lowest BCUT2D eigenvalue weighted by atomic mass is 9.91. The molecule has 2 N–H and O–H groups in total. The number of rotatable bonds is 4. The molecule has 4 aromatic rings. The lowest BCUT2D eigenvalue weighted by molar-refractivity contribution is -0.266. The second kappa shape index (κ2) is 7.31. The maximum absolute atomic E-state index is 14.4. The molecule has 2 aromatic heterocycles. The van der Waals surface area contributed by atoms with Crippen molar-refractivity contribution >= 4 is 11.6 Å². The molecule has 0 spiro atoms. The third kappa shape index (κ3) is 2.91. The molecule has 1 aliphatic carbocycles. The van der Waals surface area contributed by atoms with Crippen LogP contribution >= 0.6 is 0 Å². The van der Waals surface area contributed by atoms with Gasteiger partial charge in [0.05, 0.1) is 17.4 Å². The second-order valence-corrected chi connectivity index (χ2v) is 7.58. The van der Waals surface area contributed by atoms with E-state index in [0.717, 1.165) is 7.11 Å². The van der Waals surface area contributed by atoms with Crippen molar-refractivity contribution in [1.29, 1.82) is 0 Å². The van der Waals surface area contributed by atoms with Crippen molar-refractivity contribution in [3.8, 4) is 11.3 Å². The molecule has 0 bridgehead atoms. The molecule has 1 aliphatic rings. The summed E-state index contributed by atoms with van der Waals surface area (Å²) >= 11 is 0. The second-order valence-electron chi connectivity index (χ2n) is 7.58. The number of imidazole rings is 1. The SMILES string of the molecule is CO[C@@](C(=O)NC1c2ccccc2-c2[nH]c(=O)c3nccn3c21)(c1ccccc1)C(F)(F)F. The minimum absolute atomic E-state index is 0.0673. The highest BCUT2D eigenvalue weighted by Gasteiger charge is 2.63. The minimum atomic E-state index is -5.05. The Bertz CT molecular complexity index is 1430. The Balaban J connectivity index is 1.69. The molecule has 0 saturated carbocycles. The molecule has 0 radical (unpaired) electrons. The topological polar surface area (TPSA) is 88.5 Å². The number of benzene rings is 2. The van der Waals surface area contributed by atoms with Gasteiger partial charge in [-0.3, -0.25) is 14.0 Å². The van der Waals surface area contributed by atoms with Gasteiger partial charge in [-0.1, -0.05) is 54.6 Å². The smallest absolute Gasteiger partial charge is 0.356 e. The van der Waals surface area contributed by atoms with Crippen LogP contribution in [0.1, 0.15) is 22.9 Å². The molecule has 1 unspecified atom stereocenters. The number of aromatic amines is 1. The Morgan fingerprint density at radius 1 is 1.12 bits per heavy atom. The van der Waals surface area contributed by atoms with Crippen LogP contribution in [0, 0.1) is 0 Å². The first kappa shape index (κ1) is 21.0. The fraction of sp³-hybridized carbons (Fsp3) is 0.174. The van der Waals surface area contributed by atoms with E-state index in [2.05, 4.69) is 15.3 Å². The van der Waals surface area contributed by atoms with E-state index in [1.165, 1.54) is 41.1 Å². The van der Waals surface area contributed by atoms with Gasteiger partial charge in [0.25, 0.3) is 17.1 Å². The molecule has 33 heavy (non-hydrogen) atoms. The standard InChI is InChI=1S/C23H17F3N4O3/c1-33-22(23(24,25)26,13-7-3-2-4-8-13)21(32)29-17-15-10-6-5-9-14(15)16-18(17)30-12-11-27-19(30)20(31)28-16/h2-12,17H,1H3,(H,28,31)(H,29,32)/t17?,22-/m1/s1. The zero-order valence-corrected chi connectivity index (χ0v) is 17.2. The van der Waals surface area contributed by atoms with E-state index in [9.17, 15) is 22.8 Å². The molecule has 0 aliphatic heterocycles. The molecular formula is C23H17F3N4O3. The highest BCUT2D eigenvalue weighted by Crippen LogP contribution is 2.45.